The molecule has 1 aromatic rings. The third kappa shape index (κ3) is 4.72. The Labute approximate surface area is 201 Å². The fourth-order valence-electron chi connectivity index (χ4n) is 5.92. The molecule has 0 bridgehead atoms. The van der Waals surface area contributed by atoms with Crippen molar-refractivity contribution in [2.45, 2.75) is 90.5 Å². The van der Waals surface area contributed by atoms with E-state index >= 15 is 4.39 Å². The molecule has 3 aliphatic rings. The van der Waals surface area contributed by atoms with Gasteiger partial charge >= 0.3 is 5.97 Å². The molecule has 0 aromatic heterocycles. The molecule has 0 spiro atoms. The fraction of sp³-hybridized carbons (Fsp3) is 0.630. The summed E-state index contributed by atoms with van der Waals surface area (Å²) in [6.45, 7) is 12.3. The SMILES string of the molecule is C=C1CC(C)CC(CC)(COc2cc(F)c(C(=O)N3C(C)O[C@H](C)[C@H]3C(=O)O)cc2C2CC2)C1. The Hall–Kier alpha value is -2.41. The zero-order chi connectivity index (χ0) is 24.8. The molecule has 6 nitrogen and oxygen atoms in total. The maximum atomic E-state index is 15.3. The quantitative estimate of drug-likeness (QED) is 0.528. The summed E-state index contributed by atoms with van der Waals surface area (Å²) in [6, 6.07) is 1.72. The van der Waals surface area contributed by atoms with Gasteiger partial charge in [-0.3, -0.25) is 9.69 Å². The topological polar surface area (TPSA) is 76.1 Å². The number of amides is 1. The first-order valence-electron chi connectivity index (χ1n) is 12.4. The van der Waals surface area contributed by atoms with Crippen molar-refractivity contribution in [1.29, 1.82) is 0 Å². The van der Waals surface area contributed by atoms with E-state index in [0.717, 1.165) is 49.0 Å². The average molecular weight is 474 g/mol. The van der Waals surface area contributed by atoms with Crippen LogP contribution in [0.2, 0.25) is 0 Å². The van der Waals surface area contributed by atoms with E-state index < -0.39 is 36.1 Å². The molecule has 2 aliphatic carbocycles. The predicted octanol–water partition coefficient (Wildman–Crippen LogP) is 5.51. The van der Waals surface area contributed by atoms with Crippen LogP contribution in [0.15, 0.2) is 24.3 Å². The van der Waals surface area contributed by atoms with E-state index in [2.05, 4.69) is 20.4 Å². The number of nitrogens with zero attached hydrogens (tertiary/aromatic N) is 1. The third-order valence-electron chi connectivity index (χ3n) is 7.71. The van der Waals surface area contributed by atoms with Crippen LogP contribution >= 0.6 is 0 Å². The number of carboxylic acids is 1. The lowest BCUT2D eigenvalue weighted by Crippen LogP contribution is -2.47. The van der Waals surface area contributed by atoms with Crippen molar-refractivity contribution in [3.8, 4) is 5.75 Å². The Balaban J connectivity index is 1.61. The fourth-order valence-corrected chi connectivity index (χ4v) is 5.92. The van der Waals surface area contributed by atoms with Gasteiger partial charge in [-0.15, -0.1) is 0 Å². The zero-order valence-electron chi connectivity index (χ0n) is 20.6. The van der Waals surface area contributed by atoms with Crippen molar-refractivity contribution >= 4 is 11.9 Å². The van der Waals surface area contributed by atoms with Crippen LogP contribution in [-0.2, 0) is 9.53 Å². The molecular weight excluding hydrogens is 437 g/mol. The van der Waals surface area contributed by atoms with E-state index in [1.54, 1.807) is 19.9 Å². The van der Waals surface area contributed by atoms with Crippen LogP contribution < -0.4 is 4.74 Å². The van der Waals surface area contributed by atoms with E-state index in [4.69, 9.17) is 9.47 Å². The van der Waals surface area contributed by atoms with Gasteiger partial charge in [-0.2, -0.15) is 0 Å². The van der Waals surface area contributed by atoms with Gasteiger partial charge in [0.05, 0.1) is 18.3 Å². The first kappa shape index (κ1) is 24.7. The second kappa shape index (κ2) is 9.33. The average Bonchev–Trinajstić information content (AvgIpc) is 3.54. The third-order valence-corrected chi connectivity index (χ3v) is 7.71. The number of ether oxygens (including phenoxy) is 2. The van der Waals surface area contributed by atoms with Crippen molar-refractivity contribution in [1.82, 2.24) is 4.90 Å². The molecule has 1 aliphatic heterocycles. The number of carboxylic acid groups (broad SMARTS) is 1. The molecule has 2 saturated carbocycles. The van der Waals surface area contributed by atoms with Crippen molar-refractivity contribution in [2.75, 3.05) is 6.61 Å². The molecule has 1 N–H and O–H groups in total. The second-order valence-electron chi connectivity index (χ2n) is 10.7. The molecule has 34 heavy (non-hydrogen) atoms. The second-order valence-corrected chi connectivity index (χ2v) is 10.7. The molecule has 4 rings (SSSR count). The molecular formula is C27H36FNO5. The largest absolute Gasteiger partial charge is 0.493 e. The summed E-state index contributed by atoms with van der Waals surface area (Å²) in [5.74, 6) is -1.28. The minimum absolute atomic E-state index is 0.0201. The van der Waals surface area contributed by atoms with Crippen LogP contribution in [-0.4, -0.2) is 46.9 Å². The molecule has 7 heteroatoms. The first-order chi connectivity index (χ1) is 16.0. The Morgan fingerprint density at radius 1 is 1.29 bits per heavy atom. The number of hydrogen-bond acceptors (Lipinski definition) is 4. The lowest BCUT2D eigenvalue weighted by molar-refractivity contribution is -0.142. The van der Waals surface area contributed by atoms with Gasteiger partial charge < -0.3 is 14.6 Å². The van der Waals surface area contributed by atoms with Crippen molar-refractivity contribution in [3.63, 3.8) is 0 Å². The minimum atomic E-state index is -1.17. The van der Waals surface area contributed by atoms with Gasteiger partial charge in [0.15, 0.2) is 6.04 Å². The van der Waals surface area contributed by atoms with Gasteiger partial charge in [-0.1, -0.05) is 26.0 Å². The van der Waals surface area contributed by atoms with Gasteiger partial charge in [0.25, 0.3) is 5.91 Å². The Morgan fingerprint density at radius 3 is 2.59 bits per heavy atom. The number of hydrogen-bond donors (Lipinski definition) is 1. The summed E-state index contributed by atoms with van der Waals surface area (Å²) in [5.41, 5.74) is 1.91. The number of allylic oxidation sites excluding steroid dienone is 1. The maximum Gasteiger partial charge on any atom is 0.329 e. The highest BCUT2D eigenvalue weighted by Crippen LogP contribution is 2.48. The molecule has 1 saturated heterocycles. The van der Waals surface area contributed by atoms with Gasteiger partial charge in [0.1, 0.15) is 17.8 Å². The van der Waals surface area contributed by atoms with E-state index in [0.29, 0.717) is 18.3 Å². The van der Waals surface area contributed by atoms with E-state index in [9.17, 15) is 14.7 Å². The van der Waals surface area contributed by atoms with Crippen LogP contribution in [0.3, 0.4) is 0 Å². The summed E-state index contributed by atoms with van der Waals surface area (Å²) in [7, 11) is 0. The van der Waals surface area contributed by atoms with Crippen LogP contribution in [0, 0.1) is 17.2 Å². The van der Waals surface area contributed by atoms with Crippen molar-refractivity contribution in [3.05, 3.63) is 41.2 Å². The summed E-state index contributed by atoms with van der Waals surface area (Å²) in [5, 5.41) is 9.62. The monoisotopic (exact) mass is 473 g/mol. The summed E-state index contributed by atoms with van der Waals surface area (Å²) in [6.07, 6.45) is 4.43. The lowest BCUT2D eigenvalue weighted by Gasteiger charge is -2.40. The number of carbonyl (C=O) groups excluding carboxylic acids is 1. The number of carbonyl (C=O) groups is 2. The molecule has 1 heterocycles. The highest BCUT2D eigenvalue weighted by Gasteiger charge is 2.46. The molecule has 1 aromatic carbocycles. The molecule has 5 atom stereocenters. The van der Waals surface area contributed by atoms with E-state index in [-0.39, 0.29) is 16.9 Å². The van der Waals surface area contributed by atoms with Crippen LogP contribution in [0.5, 0.6) is 5.75 Å². The van der Waals surface area contributed by atoms with E-state index in [1.807, 2.05) is 0 Å². The summed E-state index contributed by atoms with van der Waals surface area (Å²) in [4.78, 5) is 26.2. The Morgan fingerprint density at radius 2 is 2.00 bits per heavy atom. The van der Waals surface area contributed by atoms with E-state index in [1.165, 1.54) is 11.6 Å². The highest BCUT2D eigenvalue weighted by atomic mass is 19.1. The smallest absolute Gasteiger partial charge is 0.329 e. The van der Waals surface area contributed by atoms with Gasteiger partial charge in [0.2, 0.25) is 0 Å². The number of halogens is 1. The number of aliphatic carboxylic acids is 1. The number of benzene rings is 1. The zero-order valence-corrected chi connectivity index (χ0v) is 20.6. The van der Waals surface area contributed by atoms with Crippen LogP contribution in [0.1, 0.15) is 88.1 Å². The Bertz CT molecular complexity index is 989. The van der Waals surface area contributed by atoms with Crippen molar-refractivity contribution < 1.29 is 28.6 Å². The minimum Gasteiger partial charge on any atom is -0.493 e. The molecule has 3 fully saturated rings. The first-order valence-corrected chi connectivity index (χ1v) is 12.4. The van der Waals surface area contributed by atoms with Crippen LogP contribution in [0.4, 0.5) is 4.39 Å². The summed E-state index contributed by atoms with van der Waals surface area (Å²) < 4.78 is 27.2. The highest BCUT2D eigenvalue weighted by molar-refractivity contribution is 5.98. The molecule has 186 valence electrons. The summed E-state index contributed by atoms with van der Waals surface area (Å²) >= 11 is 0. The van der Waals surface area contributed by atoms with Gasteiger partial charge in [-0.25, -0.2) is 9.18 Å². The standard InChI is InChI=1S/C27H36FNO5/c1-6-27(12-15(2)9-16(3)13-27)14-33-23-11-22(28)21(10-20(23)19-7-8-19)25(30)29-18(5)34-17(4)24(29)26(31)32/h10-11,16-19,24H,2,6-9,12-14H2,1,3-5H3,(H,31,32)/t16?,17-,18?,24+,27?/m1/s1. The van der Waals surface area contributed by atoms with Crippen molar-refractivity contribution in [2.24, 2.45) is 11.3 Å². The molecule has 0 radical (unpaired) electrons. The molecule has 3 unspecified atom stereocenters. The van der Waals surface area contributed by atoms with Gasteiger partial charge in [-0.05, 0) is 75.8 Å². The Kier molecular flexibility index (Phi) is 6.78. The van der Waals surface area contributed by atoms with Crippen LogP contribution in [0.25, 0.3) is 0 Å². The van der Waals surface area contributed by atoms with Gasteiger partial charge in [0, 0.05) is 11.5 Å². The maximum absolute atomic E-state index is 15.3. The lowest BCUT2D eigenvalue weighted by atomic mass is 9.67. The number of rotatable bonds is 7. The predicted molar refractivity (Wildman–Crippen MR) is 126 cm³/mol. The normalized spacial score (nSPS) is 31.6. The molecule has 1 amide bonds.